The van der Waals surface area contributed by atoms with E-state index in [0.29, 0.717) is 12.4 Å². The average Bonchev–Trinajstić information content (AvgIpc) is 3.00. The number of thioether (sulfide) groups is 1. The standard InChI is InChI=1S/C21H18INO5S/c1-13(20(25)27-2)23-19(24)18(29-21(23)26)11-14-5-9-17(10-6-14)28-12-15-3-7-16(22)8-4-15/h3-11,13H,12H2,1-2H3/b18-11+/t13-/m1/s1. The van der Waals surface area contributed by atoms with Crippen molar-refractivity contribution in [1.82, 2.24) is 4.90 Å². The number of carbonyl (C=O) groups excluding carboxylic acids is 3. The molecule has 0 spiro atoms. The predicted octanol–water partition coefficient (Wildman–Crippen LogP) is 4.47. The summed E-state index contributed by atoms with van der Waals surface area (Å²) in [4.78, 5) is 37.5. The highest BCUT2D eigenvalue weighted by Gasteiger charge is 2.41. The summed E-state index contributed by atoms with van der Waals surface area (Å²) in [7, 11) is 1.22. The van der Waals surface area contributed by atoms with Crippen molar-refractivity contribution in [2.24, 2.45) is 0 Å². The summed E-state index contributed by atoms with van der Waals surface area (Å²) in [6, 6.07) is 14.3. The highest BCUT2D eigenvalue weighted by Crippen LogP contribution is 2.34. The number of imide groups is 1. The topological polar surface area (TPSA) is 72.9 Å². The Labute approximate surface area is 186 Å². The quantitative estimate of drug-likeness (QED) is 0.316. The number of rotatable bonds is 6. The number of nitrogens with zero attached hydrogens (tertiary/aromatic N) is 1. The van der Waals surface area contributed by atoms with Crippen molar-refractivity contribution in [3.63, 3.8) is 0 Å². The number of methoxy groups -OCH3 is 1. The van der Waals surface area contributed by atoms with Crippen molar-refractivity contribution in [3.8, 4) is 5.75 Å². The summed E-state index contributed by atoms with van der Waals surface area (Å²) >= 11 is 3.06. The van der Waals surface area contributed by atoms with E-state index in [0.717, 1.165) is 27.8 Å². The molecule has 1 heterocycles. The van der Waals surface area contributed by atoms with Crippen LogP contribution in [0, 0.1) is 3.57 Å². The van der Waals surface area contributed by atoms with Gasteiger partial charge in [-0.05, 0) is 82.7 Å². The Morgan fingerprint density at radius 1 is 1.14 bits per heavy atom. The summed E-state index contributed by atoms with van der Waals surface area (Å²) in [5.74, 6) is -0.437. The molecule has 0 aliphatic carbocycles. The largest absolute Gasteiger partial charge is 0.489 e. The van der Waals surface area contributed by atoms with Crippen LogP contribution in [0.5, 0.6) is 5.75 Å². The lowest BCUT2D eigenvalue weighted by Crippen LogP contribution is -2.42. The smallest absolute Gasteiger partial charge is 0.328 e. The molecule has 1 fully saturated rings. The Hall–Kier alpha value is -2.33. The van der Waals surface area contributed by atoms with Gasteiger partial charge < -0.3 is 9.47 Å². The molecular formula is C21H18INO5S. The van der Waals surface area contributed by atoms with Gasteiger partial charge in [0, 0.05) is 3.57 Å². The van der Waals surface area contributed by atoms with Gasteiger partial charge in [-0.2, -0.15) is 0 Å². The molecule has 8 heteroatoms. The lowest BCUT2D eigenvalue weighted by Gasteiger charge is -2.18. The molecule has 1 aliphatic heterocycles. The Bertz CT molecular complexity index is 956. The maximum absolute atomic E-state index is 12.5. The normalized spacial score (nSPS) is 16.2. The average molecular weight is 523 g/mol. The molecule has 0 bridgehead atoms. The molecule has 0 saturated carbocycles. The van der Waals surface area contributed by atoms with Gasteiger partial charge in [0.05, 0.1) is 12.0 Å². The fourth-order valence-corrected chi connectivity index (χ4v) is 3.92. The number of hydrogen-bond acceptors (Lipinski definition) is 6. The second-order valence-electron chi connectivity index (χ2n) is 6.24. The monoisotopic (exact) mass is 523 g/mol. The van der Waals surface area contributed by atoms with E-state index in [-0.39, 0.29) is 4.91 Å². The molecule has 2 aromatic rings. The van der Waals surface area contributed by atoms with Gasteiger partial charge in [0.25, 0.3) is 11.1 Å². The molecule has 6 nitrogen and oxygen atoms in total. The minimum Gasteiger partial charge on any atom is -0.489 e. The van der Waals surface area contributed by atoms with Crippen LogP contribution in [0.3, 0.4) is 0 Å². The summed E-state index contributed by atoms with van der Waals surface area (Å²) in [6.07, 6.45) is 1.62. The van der Waals surface area contributed by atoms with Crippen LogP contribution in [0.4, 0.5) is 4.79 Å². The number of esters is 1. The van der Waals surface area contributed by atoms with E-state index >= 15 is 0 Å². The highest BCUT2D eigenvalue weighted by atomic mass is 127. The molecule has 1 saturated heterocycles. The van der Waals surface area contributed by atoms with E-state index in [9.17, 15) is 14.4 Å². The zero-order valence-corrected chi connectivity index (χ0v) is 18.7. The maximum Gasteiger partial charge on any atom is 0.328 e. The Morgan fingerprint density at radius 3 is 2.41 bits per heavy atom. The van der Waals surface area contributed by atoms with Gasteiger partial charge in [-0.15, -0.1) is 0 Å². The zero-order chi connectivity index (χ0) is 21.0. The molecule has 29 heavy (non-hydrogen) atoms. The number of benzene rings is 2. The summed E-state index contributed by atoms with van der Waals surface area (Å²) in [6.45, 7) is 1.92. The van der Waals surface area contributed by atoms with Gasteiger partial charge in [0.15, 0.2) is 0 Å². The van der Waals surface area contributed by atoms with Crippen molar-refractivity contribution < 1.29 is 23.9 Å². The molecule has 1 aliphatic rings. The molecule has 2 amide bonds. The lowest BCUT2D eigenvalue weighted by atomic mass is 10.2. The third-order valence-corrected chi connectivity index (χ3v) is 5.85. The van der Waals surface area contributed by atoms with Gasteiger partial charge in [-0.1, -0.05) is 24.3 Å². The molecule has 2 aromatic carbocycles. The fourth-order valence-electron chi connectivity index (χ4n) is 2.65. The minimum atomic E-state index is -0.963. The van der Waals surface area contributed by atoms with Crippen LogP contribution in [0.25, 0.3) is 6.08 Å². The number of ether oxygens (including phenoxy) is 2. The van der Waals surface area contributed by atoms with Crippen molar-refractivity contribution in [1.29, 1.82) is 0 Å². The Balaban J connectivity index is 1.66. The first-order chi connectivity index (χ1) is 13.9. The first-order valence-electron chi connectivity index (χ1n) is 8.71. The van der Waals surface area contributed by atoms with E-state index in [1.807, 2.05) is 24.3 Å². The van der Waals surface area contributed by atoms with Crippen molar-refractivity contribution in [3.05, 3.63) is 68.1 Å². The fraction of sp³-hybridized carbons (Fsp3) is 0.190. The van der Waals surface area contributed by atoms with Gasteiger partial charge in [0.2, 0.25) is 0 Å². The van der Waals surface area contributed by atoms with Crippen molar-refractivity contribution >= 4 is 57.5 Å². The van der Waals surface area contributed by atoms with Gasteiger partial charge in [0.1, 0.15) is 18.4 Å². The van der Waals surface area contributed by atoms with Crippen LogP contribution < -0.4 is 4.74 Å². The van der Waals surface area contributed by atoms with Crippen LogP contribution >= 0.6 is 34.4 Å². The van der Waals surface area contributed by atoms with Crippen LogP contribution in [0.15, 0.2) is 53.4 Å². The molecule has 0 radical (unpaired) electrons. The van der Waals surface area contributed by atoms with Gasteiger partial charge in [-0.25, -0.2) is 4.79 Å². The second-order valence-corrected chi connectivity index (χ2v) is 8.47. The van der Waals surface area contributed by atoms with Crippen molar-refractivity contribution in [2.75, 3.05) is 7.11 Å². The van der Waals surface area contributed by atoms with E-state index < -0.39 is 23.2 Å². The summed E-state index contributed by atoms with van der Waals surface area (Å²) < 4.78 is 11.6. The number of halogens is 1. The summed E-state index contributed by atoms with van der Waals surface area (Å²) in [5, 5.41) is -0.489. The molecule has 150 valence electrons. The third-order valence-electron chi connectivity index (χ3n) is 4.25. The lowest BCUT2D eigenvalue weighted by molar-refractivity contribution is -0.148. The maximum atomic E-state index is 12.5. The molecule has 0 aromatic heterocycles. The number of amides is 2. The van der Waals surface area contributed by atoms with Gasteiger partial charge in [-0.3, -0.25) is 14.5 Å². The first-order valence-corrected chi connectivity index (χ1v) is 10.6. The third kappa shape index (κ3) is 5.18. The molecule has 3 rings (SSSR count). The first kappa shape index (κ1) is 21.4. The summed E-state index contributed by atoms with van der Waals surface area (Å²) in [5.41, 5.74) is 1.82. The van der Waals surface area contributed by atoms with Crippen LogP contribution in [0.1, 0.15) is 18.1 Å². The molecule has 0 unspecified atom stereocenters. The zero-order valence-electron chi connectivity index (χ0n) is 15.8. The van der Waals surface area contributed by atoms with E-state index in [2.05, 4.69) is 27.3 Å². The van der Waals surface area contributed by atoms with E-state index in [1.54, 1.807) is 30.3 Å². The molecular weight excluding hydrogens is 505 g/mol. The van der Waals surface area contributed by atoms with E-state index in [4.69, 9.17) is 4.74 Å². The Kier molecular flexibility index (Phi) is 6.96. The van der Waals surface area contributed by atoms with E-state index in [1.165, 1.54) is 17.6 Å². The number of carbonyl (C=O) groups is 3. The minimum absolute atomic E-state index is 0.262. The highest BCUT2D eigenvalue weighted by molar-refractivity contribution is 14.1. The van der Waals surface area contributed by atoms with Crippen LogP contribution in [-0.2, 0) is 20.9 Å². The second kappa shape index (κ2) is 9.45. The number of hydrogen-bond donors (Lipinski definition) is 0. The predicted molar refractivity (Wildman–Crippen MR) is 119 cm³/mol. The van der Waals surface area contributed by atoms with Crippen LogP contribution in [-0.4, -0.2) is 35.2 Å². The van der Waals surface area contributed by atoms with Gasteiger partial charge >= 0.3 is 5.97 Å². The molecule has 1 atom stereocenters. The SMILES string of the molecule is COC(=O)[C@@H](C)N1C(=O)S/C(=C/c2ccc(OCc3ccc(I)cc3)cc2)C1=O. The molecule has 0 N–H and O–H groups in total. The van der Waals surface area contributed by atoms with Crippen LogP contribution in [0.2, 0.25) is 0 Å². The van der Waals surface area contributed by atoms with Crippen molar-refractivity contribution in [2.45, 2.75) is 19.6 Å². The Morgan fingerprint density at radius 2 is 1.79 bits per heavy atom.